The first-order valence-electron chi connectivity index (χ1n) is 6.71. The molecule has 3 aromatic rings. The van der Waals surface area contributed by atoms with E-state index in [1.165, 1.54) is 12.1 Å². The highest BCUT2D eigenvalue weighted by Gasteiger charge is 2.14. The monoisotopic (exact) mass is 269 g/mol. The number of hydrogen-bond donors (Lipinski definition) is 1. The van der Waals surface area contributed by atoms with Crippen LogP contribution >= 0.6 is 0 Å². The van der Waals surface area contributed by atoms with Crippen LogP contribution in [0, 0.1) is 5.82 Å². The molecular weight excluding hydrogens is 253 g/mol. The van der Waals surface area contributed by atoms with E-state index in [0.29, 0.717) is 11.2 Å². The first-order valence-corrected chi connectivity index (χ1v) is 6.71. The molecule has 0 unspecified atom stereocenters. The summed E-state index contributed by atoms with van der Waals surface area (Å²) in [6.45, 7) is 2.93. The molecule has 1 heterocycles. The van der Waals surface area contributed by atoms with E-state index in [1.807, 2.05) is 24.3 Å². The summed E-state index contributed by atoms with van der Waals surface area (Å²) >= 11 is 0. The molecule has 0 saturated heterocycles. The molecule has 20 heavy (non-hydrogen) atoms. The summed E-state index contributed by atoms with van der Waals surface area (Å²) in [6, 6.07) is 12.3. The summed E-state index contributed by atoms with van der Waals surface area (Å²) in [5.74, 6) is 0.525. The molecule has 2 N–H and O–H groups in total. The van der Waals surface area contributed by atoms with Crippen molar-refractivity contribution < 1.29 is 4.39 Å². The highest BCUT2D eigenvalue weighted by molar-refractivity contribution is 5.83. The second-order valence-electron chi connectivity index (χ2n) is 4.81. The Kier molecular flexibility index (Phi) is 3.14. The number of anilines is 1. The topological polar surface area (TPSA) is 43.8 Å². The number of fused-ring (bicyclic) bond motifs is 1. The third-order valence-electron chi connectivity index (χ3n) is 3.36. The van der Waals surface area contributed by atoms with Crippen molar-refractivity contribution >= 4 is 16.7 Å². The maximum atomic E-state index is 13.4. The molecule has 0 aliphatic rings. The van der Waals surface area contributed by atoms with Crippen LogP contribution in [0.15, 0.2) is 42.5 Å². The molecule has 4 heteroatoms. The van der Waals surface area contributed by atoms with E-state index >= 15 is 0 Å². The van der Waals surface area contributed by atoms with E-state index in [4.69, 9.17) is 5.73 Å². The summed E-state index contributed by atoms with van der Waals surface area (Å²) in [7, 11) is 0. The Morgan fingerprint density at radius 1 is 1.20 bits per heavy atom. The normalized spacial score (nSPS) is 11.1. The minimum absolute atomic E-state index is 0.272. The predicted octanol–water partition coefficient (Wildman–Crippen LogP) is 3.83. The Hall–Kier alpha value is -2.36. The van der Waals surface area contributed by atoms with E-state index in [9.17, 15) is 4.39 Å². The number of aromatic nitrogens is 2. The minimum Gasteiger partial charge on any atom is -0.398 e. The van der Waals surface area contributed by atoms with Gasteiger partial charge in [-0.3, -0.25) is 0 Å². The number of nitrogens with two attached hydrogens (primary N) is 1. The molecular formula is C16H16FN3. The zero-order chi connectivity index (χ0) is 14.1. The first kappa shape index (κ1) is 12.7. The number of nitrogen functional groups attached to an aromatic ring is 1. The van der Waals surface area contributed by atoms with E-state index in [-0.39, 0.29) is 5.82 Å². The van der Waals surface area contributed by atoms with Gasteiger partial charge in [-0.1, -0.05) is 19.1 Å². The van der Waals surface area contributed by atoms with Crippen molar-refractivity contribution in [1.29, 1.82) is 0 Å². The molecule has 0 fully saturated rings. The van der Waals surface area contributed by atoms with Crippen LogP contribution in [-0.2, 0) is 6.54 Å². The van der Waals surface area contributed by atoms with Crippen LogP contribution in [0.25, 0.3) is 22.4 Å². The number of hydrogen-bond acceptors (Lipinski definition) is 2. The van der Waals surface area contributed by atoms with Gasteiger partial charge in [0, 0.05) is 23.9 Å². The Morgan fingerprint density at radius 3 is 2.75 bits per heavy atom. The summed E-state index contributed by atoms with van der Waals surface area (Å²) in [5.41, 5.74) is 9.21. The predicted molar refractivity (Wildman–Crippen MR) is 79.8 cm³/mol. The zero-order valence-corrected chi connectivity index (χ0v) is 11.3. The molecule has 3 nitrogen and oxygen atoms in total. The summed E-state index contributed by atoms with van der Waals surface area (Å²) in [6.07, 6.45) is 0.975. The first-order chi connectivity index (χ1) is 9.70. The minimum atomic E-state index is -0.272. The maximum absolute atomic E-state index is 13.4. The molecule has 1 aromatic heterocycles. The van der Waals surface area contributed by atoms with Gasteiger partial charge in [-0.2, -0.15) is 0 Å². The van der Waals surface area contributed by atoms with Crippen molar-refractivity contribution in [1.82, 2.24) is 9.55 Å². The van der Waals surface area contributed by atoms with Gasteiger partial charge >= 0.3 is 0 Å². The van der Waals surface area contributed by atoms with Gasteiger partial charge in [0.15, 0.2) is 0 Å². The fourth-order valence-corrected chi connectivity index (χ4v) is 2.46. The summed E-state index contributed by atoms with van der Waals surface area (Å²) in [5, 5.41) is 0. The fourth-order valence-electron chi connectivity index (χ4n) is 2.46. The van der Waals surface area contributed by atoms with Crippen molar-refractivity contribution in [3.05, 3.63) is 48.3 Å². The lowest BCUT2D eigenvalue weighted by Gasteiger charge is -2.09. The molecule has 3 rings (SSSR count). The third kappa shape index (κ3) is 2.03. The van der Waals surface area contributed by atoms with E-state index in [1.54, 1.807) is 6.07 Å². The molecule has 0 bridgehead atoms. The quantitative estimate of drug-likeness (QED) is 0.734. The van der Waals surface area contributed by atoms with Crippen LogP contribution in [0.4, 0.5) is 10.1 Å². The largest absolute Gasteiger partial charge is 0.398 e. The molecule has 102 valence electrons. The van der Waals surface area contributed by atoms with Gasteiger partial charge in [-0.05, 0) is 30.7 Å². The Labute approximate surface area is 116 Å². The number of imidazole rings is 1. The standard InChI is InChI=1S/C16H16FN3/c1-2-9-20-15-8-7-11(17)10-14(15)19-16(20)12-5-3-4-6-13(12)18/h3-8,10H,2,9,18H2,1H3. The van der Waals surface area contributed by atoms with E-state index in [0.717, 1.165) is 29.9 Å². The van der Waals surface area contributed by atoms with E-state index in [2.05, 4.69) is 16.5 Å². The van der Waals surface area contributed by atoms with Crippen LogP contribution in [0.5, 0.6) is 0 Å². The van der Waals surface area contributed by atoms with Gasteiger partial charge < -0.3 is 10.3 Å². The second kappa shape index (κ2) is 4.96. The van der Waals surface area contributed by atoms with Crippen LogP contribution in [-0.4, -0.2) is 9.55 Å². The Balaban J connectivity index is 2.29. The summed E-state index contributed by atoms with van der Waals surface area (Å²) < 4.78 is 15.5. The third-order valence-corrected chi connectivity index (χ3v) is 3.36. The molecule has 0 aliphatic heterocycles. The van der Waals surface area contributed by atoms with Crippen molar-refractivity contribution in [2.75, 3.05) is 5.73 Å². The van der Waals surface area contributed by atoms with Crippen LogP contribution in [0.3, 0.4) is 0 Å². The Bertz CT molecular complexity index is 762. The fraction of sp³-hybridized carbons (Fsp3) is 0.188. The number of rotatable bonds is 3. The second-order valence-corrected chi connectivity index (χ2v) is 4.81. The van der Waals surface area contributed by atoms with Crippen molar-refractivity contribution in [3.8, 4) is 11.4 Å². The van der Waals surface area contributed by atoms with Gasteiger partial charge in [-0.25, -0.2) is 9.37 Å². The van der Waals surface area contributed by atoms with Crippen molar-refractivity contribution in [3.63, 3.8) is 0 Å². The Morgan fingerprint density at radius 2 is 2.00 bits per heavy atom. The van der Waals surface area contributed by atoms with Crippen LogP contribution in [0.2, 0.25) is 0 Å². The SMILES string of the molecule is CCCn1c(-c2ccccc2N)nc2cc(F)ccc21. The number of halogens is 1. The van der Waals surface area contributed by atoms with Crippen molar-refractivity contribution in [2.24, 2.45) is 0 Å². The lowest BCUT2D eigenvalue weighted by molar-refractivity contribution is 0.629. The van der Waals surface area contributed by atoms with Gasteiger partial charge in [0.25, 0.3) is 0 Å². The smallest absolute Gasteiger partial charge is 0.143 e. The number of para-hydroxylation sites is 1. The molecule has 2 aromatic carbocycles. The average Bonchev–Trinajstić information content (AvgIpc) is 2.77. The van der Waals surface area contributed by atoms with Crippen molar-refractivity contribution in [2.45, 2.75) is 19.9 Å². The molecule has 0 radical (unpaired) electrons. The van der Waals surface area contributed by atoms with Gasteiger partial charge in [0.1, 0.15) is 11.6 Å². The van der Waals surface area contributed by atoms with Crippen LogP contribution < -0.4 is 5.73 Å². The lowest BCUT2D eigenvalue weighted by Crippen LogP contribution is -2.01. The zero-order valence-electron chi connectivity index (χ0n) is 11.3. The molecule has 0 aliphatic carbocycles. The maximum Gasteiger partial charge on any atom is 0.143 e. The van der Waals surface area contributed by atoms with Crippen LogP contribution in [0.1, 0.15) is 13.3 Å². The van der Waals surface area contributed by atoms with Gasteiger partial charge in [-0.15, -0.1) is 0 Å². The number of nitrogens with zero attached hydrogens (tertiary/aromatic N) is 2. The van der Waals surface area contributed by atoms with Gasteiger partial charge in [0.2, 0.25) is 0 Å². The highest BCUT2D eigenvalue weighted by atomic mass is 19.1. The molecule has 0 spiro atoms. The lowest BCUT2D eigenvalue weighted by atomic mass is 10.1. The van der Waals surface area contributed by atoms with E-state index < -0.39 is 0 Å². The molecule has 0 amide bonds. The summed E-state index contributed by atoms with van der Waals surface area (Å²) in [4.78, 5) is 4.57. The number of aryl methyl sites for hydroxylation is 1. The molecule has 0 atom stereocenters. The number of benzene rings is 2. The van der Waals surface area contributed by atoms with Gasteiger partial charge in [0.05, 0.1) is 11.0 Å². The average molecular weight is 269 g/mol. The highest BCUT2D eigenvalue weighted by Crippen LogP contribution is 2.29. The molecule has 0 saturated carbocycles.